The third-order valence-corrected chi connectivity index (χ3v) is 2.84. The summed E-state index contributed by atoms with van der Waals surface area (Å²) >= 11 is 3.40. The van der Waals surface area contributed by atoms with Crippen molar-refractivity contribution in [2.24, 2.45) is 5.92 Å². The summed E-state index contributed by atoms with van der Waals surface area (Å²) in [6.07, 6.45) is 0.919. The van der Waals surface area contributed by atoms with Gasteiger partial charge in [0, 0.05) is 10.5 Å². The maximum Gasteiger partial charge on any atom is 0.0632 e. The molecule has 1 unspecified atom stereocenters. The Labute approximate surface area is 105 Å². The highest BCUT2D eigenvalue weighted by molar-refractivity contribution is 9.10. The van der Waals surface area contributed by atoms with Crippen LogP contribution in [0.25, 0.3) is 0 Å². The lowest BCUT2D eigenvalue weighted by Gasteiger charge is -2.20. The fourth-order valence-electron chi connectivity index (χ4n) is 1.62. The van der Waals surface area contributed by atoms with Gasteiger partial charge < -0.3 is 16.2 Å². The standard InChI is InChI=1S/C12H19BrN2O/c1-8(2)5-10(7-16)15-12-6-9(13)3-4-11(12)14/h3-4,6,8,10,15-16H,5,7,14H2,1-2H3. The molecule has 0 aliphatic rings. The summed E-state index contributed by atoms with van der Waals surface area (Å²) in [4.78, 5) is 0. The Morgan fingerprint density at radius 1 is 1.44 bits per heavy atom. The zero-order valence-electron chi connectivity index (χ0n) is 9.70. The summed E-state index contributed by atoms with van der Waals surface area (Å²) in [6.45, 7) is 4.38. The molecular weight excluding hydrogens is 268 g/mol. The van der Waals surface area contributed by atoms with Crippen molar-refractivity contribution in [2.45, 2.75) is 26.3 Å². The molecule has 0 radical (unpaired) electrons. The molecule has 0 aromatic heterocycles. The van der Waals surface area contributed by atoms with E-state index in [0.717, 1.165) is 16.6 Å². The van der Waals surface area contributed by atoms with Gasteiger partial charge in [0.15, 0.2) is 0 Å². The number of anilines is 2. The number of halogens is 1. The number of nitrogens with two attached hydrogens (primary N) is 1. The Kier molecular flexibility index (Phi) is 5.09. The van der Waals surface area contributed by atoms with Crippen LogP contribution in [0.3, 0.4) is 0 Å². The lowest BCUT2D eigenvalue weighted by molar-refractivity contribution is 0.259. The van der Waals surface area contributed by atoms with E-state index in [1.54, 1.807) is 0 Å². The minimum Gasteiger partial charge on any atom is -0.397 e. The average molecular weight is 287 g/mol. The predicted octanol–water partition coefficient (Wildman–Crippen LogP) is 2.85. The fraction of sp³-hybridized carbons (Fsp3) is 0.500. The number of nitrogens with one attached hydrogen (secondary N) is 1. The summed E-state index contributed by atoms with van der Waals surface area (Å²) in [5.41, 5.74) is 7.43. The van der Waals surface area contributed by atoms with Gasteiger partial charge in [0.1, 0.15) is 0 Å². The second-order valence-corrected chi connectivity index (χ2v) is 5.30. The van der Waals surface area contributed by atoms with Gasteiger partial charge in [-0.25, -0.2) is 0 Å². The van der Waals surface area contributed by atoms with E-state index in [4.69, 9.17) is 5.73 Å². The molecule has 0 fully saturated rings. The van der Waals surface area contributed by atoms with Crippen molar-refractivity contribution in [1.82, 2.24) is 0 Å². The molecule has 0 bridgehead atoms. The van der Waals surface area contributed by atoms with Crippen LogP contribution < -0.4 is 11.1 Å². The fourth-order valence-corrected chi connectivity index (χ4v) is 1.98. The molecule has 1 aromatic rings. The van der Waals surface area contributed by atoms with E-state index in [1.807, 2.05) is 18.2 Å². The maximum absolute atomic E-state index is 9.28. The lowest BCUT2D eigenvalue weighted by atomic mass is 10.0. The van der Waals surface area contributed by atoms with Crippen LogP contribution in [0.2, 0.25) is 0 Å². The van der Waals surface area contributed by atoms with E-state index in [9.17, 15) is 5.11 Å². The Morgan fingerprint density at radius 3 is 2.69 bits per heavy atom. The van der Waals surface area contributed by atoms with E-state index in [2.05, 4.69) is 35.1 Å². The molecule has 0 amide bonds. The van der Waals surface area contributed by atoms with Gasteiger partial charge in [-0.1, -0.05) is 29.8 Å². The van der Waals surface area contributed by atoms with Gasteiger partial charge in [-0.15, -0.1) is 0 Å². The number of hydrogen-bond donors (Lipinski definition) is 3. The lowest BCUT2D eigenvalue weighted by Crippen LogP contribution is -2.26. The highest BCUT2D eigenvalue weighted by Crippen LogP contribution is 2.24. The molecule has 0 saturated carbocycles. The minimum absolute atomic E-state index is 0.0524. The third kappa shape index (κ3) is 4.02. The van der Waals surface area contributed by atoms with Gasteiger partial charge in [0.2, 0.25) is 0 Å². The average Bonchev–Trinajstić information content (AvgIpc) is 2.21. The summed E-state index contributed by atoms with van der Waals surface area (Å²) in [6, 6.07) is 5.72. The molecule has 0 heterocycles. The molecule has 3 nitrogen and oxygen atoms in total. The number of nitrogen functional groups attached to an aromatic ring is 1. The van der Waals surface area contributed by atoms with Gasteiger partial charge in [0.05, 0.1) is 18.0 Å². The molecule has 1 atom stereocenters. The van der Waals surface area contributed by atoms with Crippen molar-refractivity contribution in [3.05, 3.63) is 22.7 Å². The van der Waals surface area contributed by atoms with Gasteiger partial charge in [-0.2, -0.15) is 0 Å². The van der Waals surface area contributed by atoms with Crippen LogP contribution in [0.1, 0.15) is 20.3 Å². The van der Waals surface area contributed by atoms with Crippen molar-refractivity contribution in [2.75, 3.05) is 17.7 Å². The van der Waals surface area contributed by atoms with Crippen LogP contribution in [0, 0.1) is 5.92 Å². The number of aliphatic hydroxyl groups excluding tert-OH is 1. The van der Waals surface area contributed by atoms with E-state index in [0.29, 0.717) is 11.6 Å². The van der Waals surface area contributed by atoms with Crippen LogP contribution in [-0.2, 0) is 0 Å². The van der Waals surface area contributed by atoms with Crippen molar-refractivity contribution in [3.8, 4) is 0 Å². The first kappa shape index (κ1) is 13.3. The smallest absolute Gasteiger partial charge is 0.0632 e. The Balaban J connectivity index is 2.73. The Bertz CT molecular complexity index is 342. The molecule has 90 valence electrons. The third-order valence-electron chi connectivity index (χ3n) is 2.35. The number of hydrogen-bond acceptors (Lipinski definition) is 3. The van der Waals surface area contributed by atoms with E-state index in [-0.39, 0.29) is 12.6 Å². The molecule has 0 aliphatic heterocycles. The molecule has 0 spiro atoms. The van der Waals surface area contributed by atoms with Crippen molar-refractivity contribution in [1.29, 1.82) is 0 Å². The van der Waals surface area contributed by atoms with Crippen molar-refractivity contribution in [3.63, 3.8) is 0 Å². The van der Waals surface area contributed by atoms with Gasteiger partial charge >= 0.3 is 0 Å². The van der Waals surface area contributed by atoms with Crippen LogP contribution in [0.4, 0.5) is 11.4 Å². The number of aliphatic hydroxyl groups is 1. The zero-order chi connectivity index (χ0) is 12.1. The molecule has 0 aliphatic carbocycles. The second kappa shape index (κ2) is 6.11. The molecule has 1 rings (SSSR count). The van der Waals surface area contributed by atoms with E-state index in [1.165, 1.54) is 0 Å². The Hall–Kier alpha value is -0.740. The molecule has 1 aromatic carbocycles. The van der Waals surface area contributed by atoms with Gasteiger partial charge in [-0.05, 0) is 30.5 Å². The number of benzene rings is 1. The normalized spacial score (nSPS) is 12.8. The monoisotopic (exact) mass is 286 g/mol. The molecule has 4 heteroatoms. The minimum atomic E-state index is 0.0524. The maximum atomic E-state index is 9.28. The highest BCUT2D eigenvalue weighted by Gasteiger charge is 2.11. The summed E-state index contributed by atoms with van der Waals surface area (Å²) in [5, 5.41) is 12.5. The highest BCUT2D eigenvalue weighted by atomic mass is 79.9. The van der Waals surface area contributed by atoms with E-state index < -0.39 is 0 Å². The van der Waals surface area contributed by atoms with Crippen LogP contribution >= 0.6 is 15.9 Å². The molecule has 4 N–H and O–H groups in total. The first-order chi connectivity index (χ1) is 7.52. The quantitative estimate of drug-likeness (QED) is 0.730. The second-order valence-electron chi connectivity index (χ2n) is 4.38. The molecule has 16 heavy (non-hydrogen) atoms. The van der Waals surface area contributed by atoms with Gasteiger partial charge in [0.25, 0.3) is 0 Å². The first-order valence-corrected chi connectivity index (χ1v) is 6.24. The van der Waals surface area contributed by atoms with Crippen molar-refractivity contribution < 1.29 is 5.11 Å². The van der Waals surface area contributed by atoms with Crippen LogP contribution in [0.5, 0.6) is 0 Å². The summed E-state index contributed by atoms with van der Waals surface area (Å²) in [5.74, 6) is 0.540. The summed E-state index contributed by atoms with van der Waals surface area (Å²) in [7, 11) is 0. The molecular formula is C12H19BrN2O. The predicted molar refractivity (Wildman–Crippen MR) is 72.5 cm³/mol. The Morgan fingerprint density at radius 2 is 2.12 bits per heavy atom. The van der Waals surface area contributed by atoms with Crippen molar-refractivity contribution >= 4 is 27.3 Å². The first-order valence-electron chi connectivity index (χ1n) is 5.45. The SMILES string of the molecule is CC(C)CC(CO)Nc1cc(Br)ccc1N. The summed E-state index contributed by atoms with van der Waals surface area (Å²) < 4.78 is 0.977. The van der Waals surface area contributed by atoms with Crippen LogP contribution in [-0.4, -0.2) is 17.8 Å². The number of rotatable bonds is 5. The topological polar surface area (TPSA) is 58.3 Å². The van der Waals surface area contributed by atoms with Crippen LogP contribution in [0.15, 0.2) is 22.7 Å². The zero-order valence-corrected chi connectivity index (χ0v) is 11.3. The largest absolute Gasteiger partial charge is 0.397 e. The van der Waals surface area contributed by atoms with E-state index >= 15 is 0 Å². The molecule has 0 saturated heterocycles. The van der Waals surface area contributed by atoms with Gasteiger partial charge in [-0.3, -0.25) is 0 Å².